The van der Waals surface area contributed by atoms with E-state index in [1.54, 1.807) is 30.6 Å². The largest absolute Gasteiger partial charge is 0.462 e. The van der Waals surface area contributed by atoms with Crippen LogP contribution in [0.3, 0.4) is 0 Å². The van der Waals surface area contributed by atoms with E-state index >= 15 is 4.39 Å². The number of halogens is 1. The predicted molar refractivity (Wildman–Crippen MR) is 94.5 cm³/mol. The molecule has 1 aromatic heterocycles. The molecule has 3 heterocycles. The monoisotopic (exact) mass is 347 g/mol. The second-order valence-electron chi connectivity index (χ2n) is 6.24. The molecule has 5 nitrogen and oxygen atoms in total. The number of nitrogens with zero attached hydrogens (tertiary/aromatic N) is 2. The fourth-order valence-electron chi connectivity index (χ4n) is 3.62. The van der Waals surface area contributed by atoms with Crippen molar-refractivity contribution in [3.05, 3.63) is 77.9 Å². The van der Waals surface area contributed by atoms with Gasteiger partial charge in [-0.1, -0.05) is 24.3 Å². The van der Waals surface area contributed by atoms with Crippen molar-refractivity contribution in [3.63, 3.8) is 0 Å². The quantitative estimate of drug-likeness (QED) is 0.730. The summed E-state index contributed by atoms with van der Waals surface area (Å²) in [4.78, 5) is 8.58. The molecule has 2 N–H and O–H groups in total. The molecule has 0 fully saturated rings. The number of nitrogens with two attached hydrogens (primary N) is 1. The first-order valence-electron chi connectivity index (χ1n) is 8.18. The standard InChI is InChI=1S/C20H14FN3O2/c21-18-13(12-4-3-9-23-10-12)7-8-16-17(18)20(11-25-19(22)24-20)14-5-1-2-6-15(14)26-16/h1-10H,11H2,(H2,22,24). The molecule has 0 aliphatic carbocycles. The summed E-state index contributed by atoms with van der Waals surface area (Å²) in [6.45, 7) is 0.125. The van der Waals surface area contributed by atoms with Crippen molar-refractivity contribution in [2.24, 2.45) is 10.7 Å². The van der Waals surface area contributed by atoms with Crippen LogP contribution in [0.4, 0.5) is 4.39 Å². The van der Waals surface area contributed by atoms with Crippen LogP contribution in [0.25, 0.3) is 11.1 Å². The molecule has 0 radical (unpaired) electrons. The predicted octanol–water partition coefficient (Wildman–Crippen LogP) is 3.58. The lowest BCUT2D eigenvalue weighted by atomic mass is 9.80. The van der Waals surface area contributed by atoms with Crippen molar-refractivity contribution in [2.45, 2.75) is 5.54 Å². The topological polar surface area (TPSA) is 69.7 Å². The lowest BCUT2D eigenvalue weighted by molar-refractivity contribution is 0.260. The van der Waals surface area contributed by atoms with Crippen LogP contribution in [0, 0.1) is 5.82 Å². The molecule has 0 bridgehead atoms. The minimum Gasteiger partial charge on any atom is -0.462 e. The van der Waals surface area contributed by atoms with E-state index in [1.807, 2.05) is 30.3 Å². The van der Waals surface area contributed by atoms with Gasteiger partial charge in [0.2, 0.25) is 0 Å². The SMILES string of the molecule is NC1=NC2(CO1)c1ccccc1Oc1ccc(-c3cccnc3)c(F)c12. The third-order valence-electron chi connectivity index (χ3n) is 4.77. The van der Waals surface area contributed by atoms with Crippen molar-refractivity contribution < 1.29 is 13.9 Å². The summed E-state index contributed by atoms with van der Waals surface area (Å²) >= 11 is 0. The highest BCUT2D eigenvalue weighted by molar-refractivity contribution is 5.78. The van der Waals surface area contributed by atoms with Gasteiger partial charge in [0, 0.05) is 29.1 Å². The van der Waals surface area contributed by atoms with E-state index in [2.05, 4.69) is 9.98 Å². The third-order valence-corrected chi connectivity index (χ3v) is 4.77. The highest BCUT2D eigenvalue weighted by atomic mass is 19.1. The summed E-state index contributed by atoms with van der Waals surface area (Å²) in [6, 6.07) is 14.5. The number of fused-ring (bicyclic) bond motifs is 4. The van der Waals surface area contributed by atoms with Crippen LogP contribution in [0.2, 0.25) is 0 Å². The van der Waals surface area contributed by atoms with Gasteiger partial charge in [-0.3, -0.25) is 4.98 Å². The summed E-state index contributed by atoms with van der Waals surface area (Å²) in [6.07, 6.45) is 3.27. The van der Waals surface area contributed by atoms with E-state index in [0.717, 1.165) is 5.56 Å². The Bertz CT molecular complexity index is 1050. The Kier molecular flexibility index (Phi) is 3.03. The van der Waals surface area contributed by atoms with Crippen molar-refractivity contribution in [1.29, 1.82) is 0 Å². The Morgan fingerprint density at radius 1 is 1.04 bits per heavy atom. The maximum atomic E-state index is 15.7. The van der Waals surface area contributed by atoms with E-state index in [-0.39, 0.29) is 12.6 Å². The molecule has 1 spiro atoms. The highest BCUT2D eigenvalue weighted by Crippen LogP contribution is 2.52. The lowest BCUT2D eigenvalue weighted by Gasteiger charge is -2.34. The molecule has 128 valence electrons. The van der Waals surface area contributed by atoms with E-state index in [9.17, 15) is 0 Å². The number of amidine groups is 1. The second-order valence-corrected chi connectivity index (χ2v) is 6.24. The summed E-state index contributed by atoms with van der Waals surface area (Å²) in [5, 5.41) is 0. The molecule has 5 rings (SSSR count). The van der Waals surface area contributed by atoms with E-state index in [0.29, 0.717) is 28.2 Å². The Balaban J connectivity index is 1.81. The average molecular weight is 347 g/mol. The molecule has 0 saturated carbocycles. The number of hydrogen-bond acceptors (Lipinski definition) is 5. The van der Waals surface area contributed by atoms with Crippen LogP contribution in [-0.4, -0.2) is 17.6 Å². The number of rotatable bonds is 1. The average Bonchev–Trinajstić information content (AvgIpc) is 3.05. The van der Waals surface area contributed by atoms with Crippen LogP contribution in [0.1, 0.15) is 11.1 Å². The molecule has 0 saturated heterocycles. The molecule has 1 atom stereocenters. The van der Waals surface area contributed by atoms with Gasteiger partial charge in [-0.25, -0.2) is 9.38 Å². The molecule has 3 aromatic rings. The van der Waals surface area contributed by atoms with Gasteiger partial charge >= 0.3 is 0 Å². The van der Waals surface area contributed by atoms with Crippen molar-refractivity contribution in [3.8, 4) is 22.6 Å². The van der Waals surface area contributed by atoms with Crippen LogP contribution in [-0.2, 0) is 10.3 Å². The fourth-order valence-corrected chi connectivity index (χ4v) is 3.62. The van der Waals surface area contributed by atoms with Gasteiger partial charge in [0.05, 0.1) is 5.56 Å². The molecular weight excluding hydrogens is 333 g/mol. The summed E-state index contributed by atoms with van der Waals surface area (Å²) in [5.74, 6) is 0.624. The smallest absolute Gasteiger partial charge is 0.283 e. The van der Waals surface area contributed by atoms with Crippen molar-refractivity contribution >= 4 is 6.02 Å². The van der Waals surface area contributed by atoms with Gasteiger partial charge in [-0.2, -0.15) is 0 Å². The van der Waals surface area contributed by atoms with E-state index in [1.165, 1.54) is 0 Å². The summed E-state index contributed by atoms with van der Waals surface area (Å²) in [5.41, 5.74) is 6.92. The Labute approximate surface area is 148 Å². The molecule has 0 amide bonds. The summed E-state index contributed by atoms with van der Waals surface area (Å²) < 4.78 is 27.1. The van der Waals surface area contributed by atoms with Gasteiger partial charge in [-0.05, 0) is 24.3 Å². The van der Waals surface area contributed by atoms with E-state index in [4.69, 9.17) is 15.2 Å². The van der Waals surface area contributed by atoms with Gasteiger partial charge in [-0.15, -0.1) is 0 Å². The maximum Gasteiger partial charge on any atom is 0.283 e. The van der Waals surface area contributed by atoms with Crippen LogP contribution >= 0.6 is 0 Å². The van der Waals surface area contributed by atoms with Gasteiger partial charge in [0.15, 0.2) is 5.54 Å². The van der Waals surface area contributed by atoms with Crippen LogP contribution < -0.4 is 10.5 Å². The first kappa shape index (κ1) is 14.9. The number of aliphatic imine (C=N–C) groups is 1. The minimum atomic E-state index is -1.06. The molecule has 1 unspecified atom stereocenters. The first-order chi connectivity index (χ1) is 12.7. The Morgan fingerprint density at radius 2 is 1.92 bits per heavy atom. The third kappa shape index (κ3) is 1.95. The molecule has 2 aromatic carbocycles. The van der Waals surface area contributed by atoms with Gasteiger partial charge in [0.25, 0.3) is 6.02 Å². The van der Waals surface area contributed by atoms with Crippen molar-refractivity contribution in [1.82, 2.24) is 4.98 Å². The lowest BCUT2D eigenvalue weighted by Crippen LogP contribution is -2.32. The zero-order valence-electron chi connectivity index (χ0n) is 13.6. The number of benzene rings is 2. The minimum absolute atomic E-state index is 0.0406. The van der Waals surface area contributed by atoms with Crippen LogP contribution in [0.15, 0.2) is 65.9 Å². The molecule has 26 heavy (non-hydrogen) atoms. The first-order valence-corrected chi connectivity index (χ1v) is 8.18. The highest BCUT2D eigenvalue weighted by Gasteiger charge is 2.49. The number of aromatic nitrogens is 1. The maximum absolute atomic E-state index is 15.7. The van der Waals surface area contributed by atoms with E-state index < -0.39 is 11.4 Å². The second kappa shape index (κ2) is 5.29. The van der Waals surface area contributed by atoms with Gasteiger partial charge < -0.3 is 15.2 Å². The fraction of sp³-hybridized carbons (Fsp3) is 0.100. The Hall–Kier alpha value is -3.41. The molecule has 2 aliphatic rings. The van der Waals surface area contributed by atoms with Crippen molar-refractivity contribution in [2.75, 3.05) is 6.61 Å². The zero-order chi connectivity index (χ0) is 17.7. The molecular formula is C20H14FN3O2. The number of ether oxygens (including phenoxy) is 2. The molecule has 6 heteroatoms. The summed E-state index contributed by atoms with van der Waals surface area (Å²) in [7, 11) is 0. The number of para-hydroxylation sites is 1. The normalized spacial score (nSPS) is 20.0. The molecule has 2 aliphatic heterocycles. The number of hydrogen-bond donors (Lipinski definition) is 1. The number of pyridine rings is 1. The van der Waals surface area contributed by atoms with Crippen LogP contribution in [0.5, 0.6) is 11.5 Å². The zero-order valence-corrected chi connectivity index (χ0v) is 13.6. The Morgan fingerprint density at radius 3 is 2.69 bits per heavy atom. The van der Waals surface area contributed by atoms with Gasteiger partial charge in [0.1, 0.15) is 23.9 Å².